The molecule has 0 bridgehead atoms. The van der Waals surface area contributed by atoms with E-state index in [-0.39, 0.29) is 5.25 Å². The fourth-order valence-corrected chi connectivity index (χ4v) is 1.23. The molecule has 0 radical (unpaired) electrons. The molecule has 0 saturated heterocycles. The van der Waals surface area contributed by atoms with Gasteiger partial charge in [0.25, 0.3) is 0 Å². The first-order valence-corrected chi connectivity index (χ1v) is 4.44. The monoisotopic (exact) mass is 197 g/mol. The van der Waals surface area contributed by atoms with Crippen LogP contribution >= 0.6 is 24.2 Å². The van der Waals surface area contributed by atoms with E-state index in [0.29, 0.717) is 11.4 Å². The molecule has 0 aliphatic carbocycles. The third kappa shape index (κ3) is 2.77. The average molecular weight is 198 g/mol. The Hall–Kier alpha value is -0.650. The molecular weight excluding hydrogens is 190 g/mol. The molecule has 0 saturated carbocycles. The summed E-state index contributed by atoms with van der Waals surface area (Å²) in [6.45, 7) is 0. The van der Waals surface area contributed by atoms with E-state index in [1.54, 1.807) is 0 Å². The Labute approximate surface area is 82.4 Å². The first-order valence-electron chi connectivity index (χ1n) is 3.54. The van der Waals surface area contributed by atoms with Crippen LogP contribution in [0.25, 0.3) is 0 Å². The predicted octanol–water partition coefficient (Wildman–Crippen LogP) is 2.70. The van der Waals surface area contributed by atoms with Crippen molar-refractivity contribution in [3.8, 4) is 6.07 Å². The Balaban J connectivity index is 2.66. The maximum Gasteiger partial charge on any atom is 0.0927 e. The lowest BCUT2D eigenvalue weighted by Gasteiger charge is -2.01. The Kier molecular flexibility index (Phi) is 3.46. The Morgan fingerprint density at radius 2 is 2.00 bits per heavy atom. The van der Waals surface area contributed by atoms with Crippen molar-refractivity contribution >= 4 is 24.2 Å². The number of benzene rings is 1. The number of hydrogen-bond donors (Lipinski definition) is 1. The van der Waals surface area contributed by atoms with E-state index in [0.717, 1.165) is 5.56 Å². The zero-order valence-corrected chi connectivity index (χ0v) is 8.02. The predicted molar refractivity (Wildman–Crippen MR) is 53.5 cm³/mol. The van der Waals surface area contributed by atoms with Gasteiger partial charge in [0.15, 0.2) is 0 Å². The highest BCUT2D eigenvalue weighted by Crippen LogP contribution is 2.12. The van der Waals surface area contributed by atoms with E-state index in [9.17, 15) is 0 Å². The Bertz CT molecular complexity index is 288. The van der Waals surface area contributed by atoms with Crippen LogP contribution in [-0.4, -0.2) is 5.25 Å². The minimum Gasteiger partial charge on any atom is -0.197 e. The number of nitrogens with zero attached hydrogens (tertiary/aromatic N) is 1. The minimum absolute atomic E-state index is 0.230. The van der Waals surface area contributed by atoms with Crippen molar-refractivity contribution in [2.45, 2.75) is 11.7 Å². The van der Waals surface area contributed by atoms with Crippen LogP contribution in [-0.2, 0) is 6.42 Å². The first-order chi connectivity index (χ1) is 5.72. The quantitative estimate of drug-likeness (QED) is 0.725. The first kappa shape index (κ1) is 9.44. The summed E-state index contributed by atoms with van der Waals surface area (Å²) < 4.78 is 0. The van der Waals surface area contributed by atoms with Crippen LogP contribution in [0.1, 0.15) is 5.56 Å². The maximum absolute atomic E-state index is 8.50. The summed E-state index contributed by atoms with van der Waals surface area (Å²) in [6, 6.07) is 9.50. The Morgan fingerprint density at radius 1 is 1.42 bits per heavy atom. The molecule has 0 heterocycles. The zero-order valence-electron chi connectivity index (χ0n) is 6.37. The number of halogens is 1. The van der Waals surface area contributed by atoms with Crippen molar-refractivity contribution in [3.63, 3.8) is 0 Å². The second-order valence-electron chi connectivity index (χ2n) is 2.48. The lowest BCUT2D eigenvalue weighted by atomic mass is 10.1. The van der Waals surface area contributed by atoms with Gasteiger partial charge in [0, 0.05) is 5.02 Å². The standard InChI is InChI=1S/C9H8ClNS/c10-8-3-1-7(2-4-8)5-9(12)6-11/h1-4,9,12H,5H2. The van der Waals surface area contributed by atoms with Crippen LogP contribution in [0.5, 0.6) is 0 Å². The fraction of sp³-hybridized carbons (Fsp3) is 0.222. The zero-order chi connectivity index (χ0) is 8.97. The molecule has 0 fully saturated rings. The summed E-state index contributed by atoms with van der Waals surface area (Å²) in [5.74, 6) is 0. The fourth-order valence-electron chi connectivity index (χ4n) is 0.889. The van der Waals surface area contributed by atoms with Gasteiger partial charge in [-0.2, -0.15) is 17.9 Å². The second-order valence-corrected chi connectivity index (χ2v) is 3.54. The van der Waals surface area contributed by atoms with Crippen LogP contribution in [0.4, 0.5) is 0 Å². The molecule has 0 aliphatic rings. The highest BCUT2D eigenvalue weighted by atomic mass is 35.5. The van der Waals surface area contributed by atoms with Crippen molar-refractivity contribution in [1.82, 2.24) is 0 Å². The Morgan fingerprint density at radius 3 is 2.50 bits per heavy atom. The van der Waals surface area contributed by atoms with Crippen LogP contribution < -0.4 is 0 Å². The third-order valence-electron chi connectivity index (χ3n) is 1.49. The molecule has 1 rings (SSSR count). The lowest BCUT2D eigenvalue weighted by molar-refractivity contribution is 1.04. The van der Waals surface area contributed by atoms with Crippen LogP contribution in [0, 0.1) is 11.3 Å². The van der Waals surface area contributed by atoms with Gasteiger partial charge in [-0.3, -0.25) is 0 Å². The van der Waals surface area contributed by atoms with Gasteiger partial charge in [-0.05, 0) is 24.1 Å². The summed E-state index contributed by atoms with van der Waals surface area (Å²) in [6.07, 6.45) is 0.663. The molecule has 12 heavy (non-hydrogen) atoms. The second kappa shape index (κ2) is 4.39. The van der Waals surface area contributed by atoms with Gasteiger partial charge in [-0.1, -0.05) is 23.7 Å². The van der Waals surface area contributed by atoms with Gasteiger partial charge in [-0.25, -0.2) is 0 Å². The molecule has 3 heteroatoms. The lowest BCUT2D eigenvalue weighted by Crippen LogP contribution is -1.98. The minimum atomic E-state index is -0.230. The molecule has 0 aromatic heterocycles. The van der Waals surface area contributed by atoms with E-state index in [1.165, 1.54) is 0 Å². The summed E-state index contributed by atoms with van der Waals surface area (Å²) in [7, 11) is 0. The molecule has 1 unspecified atom stereocenters. The van der Waals surface area contributed by atoms with Gasteiger partial charge in [0.05, 0.1) is 11.3 Å². The summed E-state index contributed by atoms with van der Waals surface area (Å²) in [5, 5.41) is 8.98. The van der Waals surface area contributed by atoms with Gasteiger partial charge < -0.3 is 0 Å². The van der Waals surface area contributed by atoms with Crippen molar-refractivity contribution in [1.29, 1.82) is 5.26 Å². The SMILES string of the molecule is N#CC(S)Cc1ccc(Cl)cc1. The molecule has 0 spiro atoms. The van der Waals surface area contributed by atoms with Crippen molar-refractivity contribution in [2.24, 2.45) is 0 Å². The largest absolute Gasteiger partial charge is 0.197 e. The van der Waals surface area contributed by atoms with E-state index in [2.05, 4.69) is 18.7 Å². The molecule has 1 nitrogen and oxygen atoms in total. The van der Waals surface area contributed by atoms with Crippen molar-refractivity contribution in [2.75, 3.05) is 0 Å². The van der Waals surface area contributed by atoms with E-state index in [4.69, 9.17) is 16.9 Å². The average Bonchev–Trinajstić information content (AvgIpc) is 2.09. The molecule has 0 aliphatic heterocycles. The van der Waals surface area contributed by atoms with E-state index >= 15 is 0 Å². The maximum atomic E-state index is 8.50. The molecule has 1 atom stereocenters. The highest BCUT2D eigenvalue weighted by Gasteiger charge is 2.01. The molecule has 1 aromatic carbocycles. The topological polar surface area (TPSA) is 23.8 Å². The molecular formula is C9H8ClNS. The summed E-state index contributed by atoms with van der Waals surface area (Å²) in [5.41, 5.74) is 1.08. The number of thiol groups is 1. The number of nitriles is 1. The third-order valence-corrected chi connectivity index (χ3v) is 2.04. The van der Waals surface area contributed by atoms with Gasteiger partial charge in [0.1, 0.15) is 0 Å². The molecule has 1 aromatic rings. The summed E-state index contributed by atoms with van der Waals surface area (Å²) in [4.78, 5) is 0. The normalized spacial score (nSPS) is 12.1. The van der Waals surface area contributed by atoms with Crippen molar-refractivity contribution in [3.05, 3.63) is 34.9 Å². The van der Waals surface area contributed by atoms with Crippen LogP contribution in [0.3, 0.4) is 0 Å². The van der Waals surface area contributed by atoms with Gasteiger partial charge in [-0.15, -0.1) is 0 Å². The smallest absolute Gasteiger partial charge is 0.0927 e. The highest BCUT2D eigenvalue weighted by molar-refractivity contribution is 7.81. The summed E-state index contributed by atoms with van der Waals surface area (Å²) >= 11 is 9.77. The van der Waals surface area contributed by atoms with Gasteiger partial charge in [0.2, 0.25) is 0 Å². The van der Waals surface area contributed by atoms with E-state index < -0.39 is 0 Å². The van der Waals surface area contributed by atoms with Crippen LogP contribution in [0.2, 0.25) is 5.02 Å². The van der Waals surface area contributed by atoms with E-state index in [1.807, 2.05) is 24.3 Å². The number of hydrogen-bond acceptors (Lipinski definition) is 2. The van der Waals surface area contributed by atoms with Crippen molar-refractivity contribution < 1.29 is 0 Å². The molecule has 62 valence electrons. The number of rotatable bonds is 2. The van der Waals surface area contributed by atoms with Crippen LogP contribution in [0.15, 0.2) is 24.3 Å². The molecule has 0 N–H and O–H groups in total. The van der Waals surface area contributed by atoms with Gasteiger partial charge >= 0.3 is 0 Å². The molecule has 0 amide bonds.